The molecule has 246 valence electrons. The highest BCUT2D eigenvalue weighted by molar-refractivity contribution is 5.91. The Kier molecular flexibility index (Phi) is 10.7. The van der Waals surface area contributed by atoms with Crippen molar-refractivity contribution in [2.24, 2.45) is 0 Å². The number of carbonyl (C=O) groups excluding carboxylic acids is 2. The number of carbonyl (C=O) groups is 2. The summed E-state index contributed by atoms with van der Waals surface area (Å²) in [5, 5.41) is 0. The lowest BCUT2D eigenvalue weighted by atomic mass is 9.93. The van der Waals surface area contributed by atoms with Gasteiger partial charge in [0.25, 0.3) is 0 Å². The summed E-state index contributed by atoms with van der Waals surface area (Å²) < 4.78 is 23.3. The summed E-state index contributed by atoms with van der Waals surface area (Å²) in [7, 11) is 0. The molecular weight excluding hydrogens is 590 g/mol. The first-order valence-electron chi connectivity index (χ1n) is 16.3. The van der Waals surface area contributed by atoms with E-state index in [9.17, 15) is 9.59 Å². The van der Waals surface area contributed by atoms with E-state index in [0.717, 1.165) is 62.6 Å². The van der Waals surface area contributed by atoms with Crippen molar-refractivity contribution in [3.8, 4) is 22.6 Å². The minimum absolute atomic E-state index is 0.236. The third-order valence-corrected chi connectivity index (χ3v) is 8.30. The summed E-state index contributed by atoms with van der Waals surface area (Å²) in [4.78, 5) is 27.3. The second-order valence-corrected chi connectivity index (χ2v) is 12.9. The maximum Gasteiger partial charge on any atom is 0.414 e. The van der Waals surface area contributed by atoms with E-state index in [0.29, 0.717) is 32.8 Å². The molecule has 5 rings (SSSR count). The second-order valence-electron chi connectivity index (χ2n) is 12.9. The van der Waals surface area contributed by atoms with Gasteiger partial charge in [0.05, 0.1) is 24.8 Å². The van der Waals surface area contributed by atoms with Crippen LogP contribution in [0.15, 0.2) is 84.9 Å². The maximum atomic E-state index is 12.9. The van der Waals surface area contributed by atoms with Gasteiger partial charge in [-0.1, -0.05) is 60.7 Å². The van der Waals surface area contributed by atoms with Crippen molar-refractivity contribution in [2.45, 2.75) is 72.5 Å². The van der Waals surface area contributed by atoms with Crippen LogP contribution in [-0.2, 0) is 32.0 Å². The van der Waals surface area contributed by atoms with Crippen LogP contribution in [0.3, 0.4) is 0 Å². The van der Waals surface area contributed by atoms with Gasteiger partial charge < -0.3 is 18.9 Å². The van der Waals surface area contributed by atoms with Crippen molar-refractivity contribution >= 4 is 17.7 Å². The van der Waals surface area contributed by atoms with E-state index in [-0.39, 0.29) is 12.1 Å². The zero-order chi connectivity index (χ0) is 33.6. The molecule has 4 aromatic carbocycles. The molecule has 0 spiro atoms. The van der Waals surface area contributed by atoms with E-state index in [1.807, 2.05) is 101 Å². The predicted molar refractivity (Wildman–Crippen MR) is 185 cm³/mol. The molecule has 1 aliphatic heterocycles. The van der Waals surface area contributed by atoms with Crippen LogP contribution in [0.25, 0.3) is 11.1 Å². The fraction of sp³-hybridized carbons (Fsp3) is 0.350. The number of esters is 1. The molecule has 1 atom stereocenters. The summed E-state index contributed by atoms with van der Waals surface area (Å²) in [5.41, 5.74) is 7.67. The van der Waals surface area contributed by atoms with Crippen LogP contribution in [0.5, 0.6) is 11.5 Å². The van der Waals surface area contributed by atoms with E-state index in [4.69, 9.17) is 18.9 Å². The summed E-state index contributed by atoms with van der Waals surface area (Å²) in [6, 6.07) is 28.1. The lowest BCUT2D eigenvalue weighted by Gasteiger charge is -2.25. The highest BCUT2D eigenvalue weighted by atomic mass is 16.6. The first-order valence-corrected chi connectivity index (χ1v) is 16.3. The van der Waals surface area contributed by atoms with E-state index < -0.39 is 11.5 Å². The van der Waals surface area contributed by atoms with Crippen LogP contribution in [0, 0.1) is 13.8 Å². The molecule has 0 aromatic heterocycles. The summed E-state index contributed by atoms with van der Waals surface area (Å²) >= 11 is 0. The smallest absolute Gasteiger partial charge is 0.414 e. The lowest BCUT2D eigenvalue weighted by molar-refractivity contribution is -0.145. The van der Waals surface area contributed by atoms with Crippen LogP contribution in [0.2, 0.25) is 0 Å². The fourth-order valence-corrected chi connectivity index (χ4v) is 5.93. The quantitative estimate of drug-likeness (QED) is 0.121. The van der Waals surface area contributed by atoms with Gasteiger partial charge in [-0.15, -0.1) is 0 Å². The van der Waals surface area contributed by atoms with E-state index >= 15 is 0 Å². The van der Waals surface area contributed by atoms with Crippen LogP contribution in [-0.4, -0.2) is 37.4 Å². The van der Waals surface area contributed by atoms with Gasteiger partial charge in [0.15, 0.2) is 0 Å². The van der Waals surface area contributed by atoms with Crippen LogP contribution >= 0.6 is 0 Å². The van der Waals surface area contributed by atoms with Crippen molar-refractivity contribution < 1.29 is 28.5 Å². The first-order chi connectivity index (χ1) is 22.5. The minimum Gasteiger partial charge on any atom is -0.466 e. The van der Waals surface area contributed by atoms with Gasteiger partial charge >= 0.3 is 12.1 Å². The van der Waals surface area contributed by atoms with Gasteiger partial charge in [0, 0.05) is 13.2 Å². The highest BCUT2D eigenvalue weighted by Crippen LogP contribution is 2.39. The molecule has 0 radical (unpaired) electrons. The topological polar surface area (TPSA) is 74.3 Å². The summed E-state index contributed by atoms with van der Waals surface area (Å²) in [6.07, 6.45) is 0.966. The van der Waals surface area contributed by atoms with Gasteiger partial charge in [-0.2, -0.15) is 0 Å². The summed E-state index contributed by atoms with van der Waals surface area (Å²) in [5.74, 6) is 0.874. The maximum absolute atomic E-state index is 12.9. The minimum atomic E-state index is -0.548. The van der Waals surface area contributed by atoms with Gasteiger partial charge in [-0.3, -0.25) is 9.69 Å². The standard InChI is InChI=1S/C40H45NO6/c1-7-45-38(42)35(22-24-44-26-29-11-9-8-10-12-29)31-15-13-30(14-16-31)33-18-17-32(25-27(33)2)46-37-20-19-36-34(28(37)3)21-23-41(36)39(43)47-40(4,5)6/h8-20,25,35H,7,21-24,26H2,1-6H3. The molecule has 1 heterocycles. The van der Waals surface area contributed by atoms with Gasteiger partial charge in [-0.05, 0) is 118 Å². The largest absolute Gasteiger partial charge is 0.466 e. The molecule has 0 N–H and O–H groups in total. The number of hydrogen-bond acceptors (Lipinski definition) is 6. The number of ether oxygens (including phenoxy) is 4. The van der Waals surface area contributed by atoms with E-state index in [2.05, 4.69) is 25.1 Å². The van der Waals surface area contributed by atoms with Crippen molar-refractivity contribution in [1.82, 2.24) is 0 Å². The molecule has 1 amide bonds. The Balaban J connectivity index is 1.25. The average molecular weight is 636 g/mol. The first kappa shape index (κ1) is 33.7. The van der Waals surface area contributed by atoms with Crippen LogP contribution in [0.1, 0.15) is 67.9 Å². The Bertz CT molecular complexity index is 1690. The zero-order valence-corrected chi connectivity index (χ0v) is 28.3. The summed E-state index contributed by atoms with van der Waals surface area (Å²) in [6.45, 7) is 13.4. The van der Waals surface area contributed by atoms with Gasteiger partial charge in [-0.25, -0.2) is 4.79 Å². The average Bonchev–Trinajstić information content (AvgIpc) is 3.48. The second kappa shape index (κ2) is 14.9. The number of nitrogens with zero attached hydrogens (tertiary/aromatic N) is 1. The number of rotatable bonds is 11. The molecule has 0 fully saturated rings. The Morgan fingerprint density at radius 2 is 1.66 bits per heavy atom. The third-order valence-electron chi connectivity index (χ3n) is 8.30. The molecule has 4 aromatic rings. The van der Waals surface area contributed by atoms with Crippen LogP contribution in [0.4, 0.5) is 10.5 Å². The number of hydrogen-bond donors (Lipinski definition) is 0. The zero-order valence-electron chi connectivity index (χ0n) is 28.3. The third kappa shape index (κ3) is 8.40. The Hall–Kier alpha value is -4.62. The Morgan fingerprint density at radius 3 is 2.34 bits per heavy atom. The SMILES string of the molecule is CCOC(=O)C(CCOCc1ccccc1)c1ccc(-c2ccc(Oc3ccc4c(c3C)CCN4C(=O)OC(C)(C)C)cc2C)cc1. The lowest BCUT2D eigenvalue weighted by Crippen LogP contribution is -2.35. The van der Waals surface area contributed by atoms with Crippen molar-refractivity contribution in [3.05, 3.63) is 113 Å². The Morgan fingerprint density at radius 1 is 0.915 bits per heavy atom. The molecule has 0 saturated heterocycles. The monoisotopic (exact) mass is 635 g/mol. The number of fused-ring (bicyclic) bond motifs is 1. The number of aryl methyl sites for hydroxylation is 1. The van der Waals surface area contributed by atoms with Gasteiger partial charge in [0.2, 0.25) is 0 Å². The van der Waals surface area contributed by atoms with Crippen molar-refractivity contribution in [1.29, 1.82) is 0 Å². The molecule has 0 aliphatic carbocycles. The van der Waals surface area contributed by atoms with E-state index in [1.165, 1.54) is 0 Å². The van der Waals surface area contributed by atoms with Gasteiger partial charge in [0.1, 0.15) is 17.1 Å². The normalized spacial score (nSPS) is 13.2. The molecule has 7 heteroatoms. The molecule has 0 bridgehead atoms. The molecule has 1 unspecified atom stereocenters. The molecule has 1 aliphatic rings. The Labute approximate surface area is 278 Å². The number of amides is 1. The van der Waals surface area contributed by atoms with Crippen molar-refractivity contribution in [3.63, 3.8) is 0 Å². The molecular formula is C40H45NO6. The number of benzene rings is 4. The number of anilines is 1. The van der Waals surface area contributed by atoms with E-state index in [1.54, 1.807) is 4.90 Å². The molecule has 7 nitrogen and oxygen atoms in total. The predicted octanol–water partition coefficient (Wildman–Crippen LogP) is 9.31. The highest BCUT2D eigenvalue weighted by Gasteiger charge is 2.30. The van der Waals surface area contributed by atoms with Crippen LogP contribution < -0.4 is 9.64 Å². The molecule has 0 saturated carbocycles. The fourth-order valence-electron chi connectivity index (χ4n) is 5.93. The van der Waals surface area contributed by atoms with Crippen molar-refractivity contribution in [2.75, 3.05) is 24.7 Å². The molecule has 47 heavy (non-hydrogen) atoms.